The number of hydrogen-bond donors (Lipinski definition) is 2. The second-order valence-corrected chi connectivity index (χ2v) is 8.24. The van der Waals surface area contributed by atoms with E-state index in [9.17, 15) is 18.0 Å². The second-order valence-electron chi connectivity index (χ2n) is 6.37. The van der Waals surface area contributed by atoms with E-state index in [2.05, 4.69) is 10.2 Å². The lowest BCUT2D eigenvalue weighted by Gasteiger charge is -2.33. The Morgan fingerprint density at radius 2 is 2.08 bits per heavy atom. The topological polar surface area (TPSA) is 124 Å². The van der Waals surface area contributed by atoms with E-state index in [0.717, 1.165) is 0 Å². The minimum absolute atomic E-state index is 0.0998. The van der Waals surface area contributed by atoms with Gasteiger partial charge in [-0.05, 0) is 26.7 Å². The van der Waals surface area contributed by atoms with Gasteiger partial charge in [-0.25, -0.2) is 8.42 Å². The molecular formula is C15H24N4O5S. The van der Waals surface area contributed by atoms with Gasteiger partial charge in [-0.3, -0.25) is 14.7 Å². The summed E-state index contributed by atoms with van der Waals surface area (Å²) < 4.78 is 27.1. The highest BCUT2D eigenvalue weighted by atomic mass is 32.2. The fourth-order valence-corrected chi connectivity index (χ4v) is 4.95. The third kappa shape index (κ3) is 4.18. The van der Waals surface area contributed by atoms with Crippen LogP contribution in [0.15, 0.2) is 4.90 Å². The highest BCUT2D eigenvalue weighted by molar-refractivity contribution is 7.89. The lowest BCUT2D eigenvalue weighted by atomic mass is 9.98. The molecule has 2 N–H and O–H groups in total. The zero-order chi connectivity index (χ0) is 18.8. The van der Waals surface area contributed by atoms with Crippen molar-refractivity contribution in [3.05, 3.63) is 11.4 Å². The Hall–Kier alpha value is -1.94. The lowest BCUT2D eigenvalue weighted by molar-refractivity contribution is -0.139. The summed E-state index contributed by atoms with van der Waals surface area (Å²) in [6, 6.07) is 0. The number of sulfonamides is 1. The number of piperidine rings is 1. The van der Waals surface area contributed by atoms with Gasteiger partial charge >= 0.3 is 5.97 Å². The molecule has 1 aromatic rings. The molecule has 140 valence electrons. The van der Waals surface area contributed by atoms with E-state index in [-0.39, 0.29) is 30.3 Å². The fourth-order valence-electron chi connectivity index (χ4n) is 3.10. The molecule has 0 aromatic carbocycles. The molecule has 1 aliphatic heterocycles. The van der Waals surface area contributed by atoms with Crippen LogP contribution in [0.2, 0.25) is 0 Å². The van der Waals surface area contributed by atoms with Gasteiger partial charge in [-0.2, -0.15) is 9.40 Å². The number of aliphatic carboxylic acids is 1. The molecule has 25 heavy (non-hydrogen) atoms. The molecular weight excluding hydrogens is 348 g/mol. The summed E-state index contributed by atoms with van der Waals surface area (Å²) in [7, 11) is -2.18. The van der Waals surface area contributed by atoms with Crippen LogP contribution < -0.4 is 0 Å². The number of hydrogen-bond acceptors (Lipinski definition) is 5. The smallest absolute Gasteiger partial charge is 0.305 e. The number of aromatic amines is 1. The van der Waals surface area contributed by atoms with Crippen LogP contribution in [0.4, 0.5) is 0 Å². The number of rotatable bonds is 6. The molecule has 1 fully saturated rings. The predicted octanol–water partition coefficient (Wildman–Crippen LogP) is 0.360. The average molecular weight is 372 g/mol. The highest BCUT2D eigenvalue weighted by Gasteiger charge is 2.36. The van der Waals surface area contributed by atoms with Crippen LogP contribution in [0.3, 0.4) is 0 Å². The molecule has 0 radical (unpaired) electrons. The van der Waals surface area contributed by atoms with E-state index >= 15 is 0 Å². The Morgan fingerprint density at radius 1 is 1.40 bits per heavy atom. The largest absolute Gasteiger partial charge is 0.481 e. The number of carboxylic acids is 1. The van der Waals surface area contributed by atoms with Gasteiger partial charge in [0.05, 0.1) is 23.7 Å². The van der Waals surface area contributed by atoms with Gasteiger partial charge < -0.3 is 10.0 Å². The molecule has 2 rings (SSSR count). The summed E-state index contributed by atoms with van der Waals surface area (Å²) in [6.45, 7) is 3.84. The van der Waals surface area contributed by atoms with Gasteiger partial charge in [0.15, 0.2) is 0 Å². The number of amides is 1. The van der Waals surface area contributed by atoms with Gasteiger partial charge in [0.1, 0.15) is 4.90 Å². The number of aromatic nitrogens is 2. The van der Waals surface area contributed by atoms with Crippen molar-refractivity contribution in [3.63, 3.8) is 0 Å². The van der Waals surface area contributed by atoms with Crippen LogP contribution in [0.1, 0.15) is 30.7 Å². The molecule has 1 aromatic heterocycles. The van der Waals surface area contributed by atoms with Gasteiger partial charge in [0, 0.05) is 26.7 Å². The number of nitrogens with one attached hydrogen (secondary N) is 1. The predicted molar refractivity (Wildman–Crippen MR) is 89.4 cm³/mol. The third-order valence-electron chi connectivity index (χ3n) is 4.43. The van der Waals surface area contributed by atoms with Gasteiger partial charge in [-0.1, -0.05) is 0 Å². The van der Waals surface area contributed by atoms with Gasteiger partial charge in [0.25, 0.3) is 0 Å². The highest BCUT2D eigenvalue weighted by Crippen LogP contribution is 2.27. The molecule has 9 nitrogen and oxygen atoms in total. The van der Waals surface area contributed by atoms with Crippen molar-refractivity contribution in [1.82, 2.24) is 19.4 Å². The van der Waals surface area contributed by atoms with Gasteiger partial charge in [-0.15, -0.1) is 0 Å². The first-order valence-corrected chi connectivity index (χ1v) is 9.57. The van der Waals surface area contributed by atoms with E-state index in [4.69, 9.17) is 5.11 Å². The number of carbonyl (C=O) groups is 2. The molecule has 0 spiro atoms. The maximum Gasteiger partial charge on any atom is 0.305 e. The lowest BCUT2D eigenvalue weighted by Crippen LogP contribution is -2.46. The normalized spacial score (nSPS) is 18.9. The minimum atomic E-state index is -3.72. The van der Waals surface area contributed by atoms with Crippen molar-refractivity contribution < 1.29 is 23.1 Å². The van der Waals surface area contributed by atoms with Crippen LogP contribution in [0.25, 0.3) is 0 Å². The van der Waals surface area contributed by atoms with E-state index in [1.165, 1.54) is 9.21 Å². The Morgan fingerprint density at radius 3 is 2.64 bits per heavy atom. The molecule has 1 atom stereocenters. The van der Waals surface area contributed by atoms with Crippen molar-refractivity contribution in [1.29, 1.82) is 0 Å². The summed E-state index contributed by atoms with van der Waals surface area (Å²) >= 11 is 0. The molecule has 1 amide bonds. The summed E-state index contributed by atoms with van der Waals surface area (Å²) in [4.78, 5) is 24.7. The zero-order valence-electron chi connectivity index (χ0n) is 14.7. The van der Waals surface area contributed by atoms with Crippen molar-refractivity contribution in [2.45, 2.75) is 38.0 Å². The Balaban J connectivity index is 2.13. The van der Waals surface area contributed by atoms with Crippen LogP contribution in [-0.2, 0) is 19.6 Å². The zero-order valence-corrected chi connectivity index (χ0v) is 15.5. The number of aryl methyl sites for hydroxylation is 2. The van der Waals surface area contributed by atoms with Crippen LogP contribution in [-0.4, -0.2) is 71.5 Å². The third-order valence-corrected chi connectivity index (χ3v) is 6.56. The monoisotopic (exact) mass is 372 g/mol. The number of carboxylic acid groups (broad SMARTS) is 1. The molecule has 0 saturated carbocycles. The van der Waals surface area contributed by atoms with E-state index in [1.54, 1.807) is 20.9 Å². The Kier molecular flexibility index (Phi) is 5.83. The standard InChI is InChI=1S/C15H24N4O5S/c1-10-14(11(2)17-16-10)25(23,24)19-7-4-5-12(9-19)15(22)18(3)8-6-13(20)21/h12H,4-9H2,1-3H3,(H,16,17)(H,20,21). The molecule has 2 heterocycles. The summed E-state index contributed by atoms with van der Waals surface area (Å²) in [6.07, 6.45) is 1.04. The second kappa shape index (κ2) is 7.52. The Bertz CT molecular complexity index is 738. The quantitative estimate of drug-likeness (QED) is 0.743. The molecule has 1 unspecified atom stereocenters. The van der Waals surface area contributed by atoms with E-state index in [0.29, 0.717) is 30.8 Å². The molecule has 1 aliphatic rings. The molecule has 0 aliphatic carbocycles. The average Bonchev–Trinajstić information content (AvgIpc) is 2.91. The number of H-pyrrole nitrogens is 1. The maximum atomic E-state index is 12.9. The van der Waals surface area contributed by atoms with Gasteiger partial charge in [0.2, 0.25) is 15.9 Å². The summed E-state index contributed by atoms with van der Waals surface area (Å²) in [5, 5.41) is 15.3. The summed E-state index contributed by atoms with van der Waals surface area (Å²) in [5.41, 5.74) is 0.883. The summed E-state index contributed by atoms with van der Waals surface area (Å²) in [5.74, 6) is -1.66. The van der Waals surface area contributed by atoms with Crippen LogP contribution >= 0.6 is 0 Å². The van der Waals surface area contributed by atoms with E-state index in [1.807, 2.05) is 0 Å². The first-order valence-electron chi connectivity index (χ1n) is 8.13. The first kappa shape index (κ1) is 19.4. The van der Waals surface area contributed by atoms with Crippen LogP contribution in [0, 0.1) is 19.8 Å². The number of carbonyl (C=O) groups excluding carboxylic acids is 1. The molecule has 0 bridgehead atoms. The first-order chi connectivity index (χ1) is 11.6. The minimum Gasteiger partial charge on any atom is -0.481 e. The SMILES string of the molecule is Cc1n[nH]c(C)c1S(=O)(=O)N1CCCC(C(=O)N(C)CCC(=O)O)C1. The van der Waals surface area contributed by atoms with Crippen LogP contribution in [0.5, 0.6) is 0 Å². The van der Waals surface area contributed by atoms with Crippen molar-refractivity contribution in [2.75, 3.05) is 26.7 Å². The molecule has 10 heteroatoms. The maximum absolute atomic E-state index is 12.9. The fraction of sp³-hybridized carbons (Fsp3) is 0.667. The van der Waals surface area contributed by atoms with E-state index < -0.39 is 21.9 Å². The van der Waals surface area contributed by atoms with Crippen molar-refractivity contribution in [3.8, 4) is 0 Å². The molecule has 1 saturated heterocycles. The Labute approximate surface area is 147 Å². The number of nitrogens with zero attached hydrogens (tertiary/aromatic N) is 3. The van der Waals surface area contributed by atoms with Crippen molar-refractivity contribution >= 4 is 21.9 Å². The van der Waals surface area contributed by atoms with Crippen molar-refractivity contribution in [2.24, 2.45) is 5.92 Å².